The fourth-order valence-corrected chi connectivity index (χ4v) is 10.6. The Kier molecular flexibility index (Phi) is 9.63. The first-order valence-corrected chi connectivity index (χ1v) is 16.4. The summed E-state index contributed by atoms with van der Waals surface area (Å²) in [5.41, 5.74) is 0.510. The molecule has 43 heavy (non-hydrogen) atoms. The zero-order chi connectivity index (χ0) is 31.8. The van der Waals surface area contributed by atoms with E-state index in [1.54, 1.807) is 28.8 Å². The quantitative estimate of drug-likeness (QED) is 0.307. The van der Waals surface area contributed by atoms with Gasteiger partial charge < -0.3 is 19.8 Å². The SMILES string of the molecule is C=CCN(Cc1ccccc1)C(=O)[C@H]1[C@H]2C(=O)N(CCCO)C(C(=O)N(CC=C)C(C)(C)CC(C)(C)C)C23CC[C@]1(C)S3. The second-order valence-electron chi connectivity index (χ2n) is 14.6. The Labute approximate surface area is 262 Å². The number of benzene rings is 1. The summed E-state index contributed by atoms with van der Waals surface area (Å²) in [4.78, 5) is 49.3. The predicted octanol–water partition coefficient (Wildman–Crippen LogP) is 5.29. The minimum atomic E-state index is -0.706. The van der Waals surface area contributed by atoms with Crippen molar-refractivity contribution in [1.82, 2.24) is 14.7 Å². The molecule has 3 aliphatic rings. The van der Waals surface area contributed by atoms with Gasteiger partial charge in [-0.2, -0.15) is 0 Å². The van der Waals surface area contributed by atoms with Crippen LogP contribution in [0.3, 0.4) is 0 Å². The third-order valence-electron chi connectivity index (χ3n) is 9.48. The van der Waals surface area contributed by atoms with Crippen molar-refractivity contribution >= 4 is 29.5 Å². The Morgan fingerprint density at radius 1 is 1.07 bits per heavy atom. The number of rotatable bonds is 13. The Morgan fingerprint density at radius 3 is 2.30 bits per heavy atom. The van der Waals surface area contributed by atoms with E-state index in [2.05, 4.69) is 54.7 Å². The van der Waals surface area contributed by atoms with Gasteiger partial charge in [0.1, 0.15) is 6.04 Å². The average Bonchev–Trinajstić information content (AvgIpc) is 3.49. The standard InChI is InChI=1S/C35H51N3O4S/c1-9-19-36(23-25-15-12-11-13-16-25)29(40)26-27-30(41)37(21-14-22-39)28(35(27)18-17-34(26,8)43-35)31(42)38(20-10-2)33(6,7)24-32(3,4)5/h9-13,15-16,26-28,39H,1-2,14,17-24H2,3-8H3/t26-,27+,28?,34+,35?/m1/s1. The highest BCUT2D eigenvalue weighted by Gasteiger charge is 2.77. The molecule has 1 aromatic carbocycles. The maximum Gasteiger partial charge on any atom is 0.247 e. The van der Waals surface area contributed by atoms with Crippen LogP contribution in [-0.2, 0) is 20.9 Å². The van der Waals surface area contributed by atoms with Crippen molar-refractivity contribution in [2.75, 3.05) is 26.2 Å². The smallest absolute Gasteiger partial charge is 0.247 e. The number of hydrogen-bond donors (Lipinski definition) is 1. The van der Waals surface area contributed by atoms with Crippen LogP contribution in [0.5, 0.6) is 0 Å². The van der Waals surface area contributed by atoms with Gasteiger partial charge >= 0.3 is 0 Å². The number of nitrogens with zero attached hydrogens (tertiary/aromatic N) is 3. The third kappa shape index (κ3) is 6.19. The molecule has 4 rings (SSSR count). The van der Waals surface area contributed by atoms with Crippen molar-refractivity contribution in [2.45, 2.75) is 94.8 Å². The van der Waals surface area contributed by atoms with E-state index >= 15 is 0 Å². The van der Waals surface area contributed by atoms with Gasteiger partial charge in [0.2, 0.25) is 17.7 Å². The van der Waals surface area contributed by atoms with E-state index < -0.39 is 32.9 Å². The van der Waals surface area contributed by atoms with Gasteiger partial charge in [-0.3, -0.25) is 14.4 Å². The number of thioether (sulfide) groups is 1. The van der Waals surface area contributed by atoms with Gasteiger partial charge in [-0.1, -0.05) is 63.3 Å². The summed E-state index contributed by atoms with van der Waals surface area (Å²) in [6, 6.07) is 9.17. The number of hydrogen-bond acceptors (Lipinski definition) is 5. The van der Waals surface area contributed by atoms with Gasteiger partial charge in [0, 0.05) is 43.1 Å². The minimum Gasteiger partial charge on any atom is -0.396 e. The molecule has 8 heteroatoms. The Balaban J connectivity index is 1.77. The van der Waals surface area contributed by atoms with Crippen molar-refractivity contribution in [1.29, 1.82) is 0 Å². The van der Waals surface area contributed by atoms with Crippen molar-refractivity contribution in [2.24, 2.45) is 17.3 Å². The van der Waals surface area contributed by atoms with Crippen LogP contribution in [0.25, 0.3) is 0 Å². The highest BCUT2D eigenvalue weighted by molar-refractivity contribution is 8.02. The zero-order valence-corrected chi connectivity index (χ0v) is 27.8. The molecule has 1 spiro atoms. The molecule has 0 aliphatic carbocycles. The molecule has 236 valence electrons. The van der Waals surface area contributed by atoms with Gasteiger partial charge in [0.05, 0.1) is 16.6 Å². The van der Waals surface area contributed by atoms with E-state index in [1.807, 2.05) is 40.1 Å². The van der Waals surface area contributed by atoms with E-state index in [9.17, 15) is 19.5 Å². The summed E-state index contributed by atoms with van der Waals surface area (Å²) in [7, 11) is 0. The molecule has 3 saturated heterocycles. The number of fused-ring (bicyclic) bond motifs is 1. The lowest BCUT2D eigenvalue weighted by Gasteiger charge is -2.46. The Bertz CT molecular complexity index is 1230. The van der Waals surface area contributed by atoms with Crippen LogP contribution in [0.2, 0.25) is 0 Å². The second kappa shape index (κ2) is 12.4. The van der Waals surface area contributed by atoms with Crippen LogP contribution in [0.4, 0.5) is 0 Å². The first kappa shape index (κ1) is 33.3. The van der Waals surface area contributed by atoms with Gasteiger partial charge in [-0.15, -0.1) is 24.9 Å². The highest BCUT2D eigenvalue weighted by Crippen LogP contribution is 2.71. The Hall–Kier alpha value is -2.58. The molecule has 3 heterocycles. The van der Waals surface area contributed by atoms with E-state index in [-0.39, 0.29) is 36.3 Å². The molecule has 7 nitrogen and oxygen atoms in total. The number of amides is 3. The van der Waals surface area contributed by atoms with Crippen LogP contribution in [0.1, 0.15) is 72.8 Å². The number of likely N-dealkylation sites (tertiary alicyclic amines) is 1. The molecule has 3 aliphatic heterocycles. The molecule has 2 bridgehead atoms. The number of carbonyl (C=O) groups excluding carboxylic acids is 3. The summed E-state index contributed by atoms with van der Waals surface area (Å²) < 4.78 is -1.16. The summed E-state index contributed by atoms with van der Waals surface area (Å²) in [5.74, 6) is -1.42. The molecular formula is C35H51N3O4S. The first-order valence-electron chi connectivity index (χ1n) is 15.6. The average molecular weight is 610 g/mol. The topological polar surface area (TPSA) is 81.2 Å². The first-order chi connectivity index (χ1) is 20.2. The van der Waals surface area contributed by atoms with Crippen LogP contribution in [0, 0.1) is 17.3 Å². The van der Waals surface area contributed by atoms with E-state index in [0.717, 1.165) is 18.4 Å². The van der Waals surface area contributed by atoms with E-state index in [1.165, 1.54) is 0 Å². The molecule has 1 aromatic rings. The van der Waals surface area contributed by atoms with Crippen molar-refractivity contribution < 1.29 is 19.5 Å². The molecule has 3 amide bonds. The maximum absolute atomic E-state index is 14.9. The summed E-state index contributed by atoms with van der Waals surface area (Å²) >= 11 is 1.70. The molecule has 0 aromatic heterocycles. The fourth-order valence-electron chi connectivity index (χ4n) is 8.26. The van der Waals surface area contributed by atoms with Gasteiger partial charge in [-0.25, -0.2) is 0 Å². The molecule has 0 saturated carbocycles. The third-order valence-corrected chi connectivity index (χ3v) is 11.5. The fraction of sp³-hybridized carbons (Fsp3) is 0.629. The summed E-state index contributed by atoms with van der Waals surface area (Å²) in [6.07, 6.45) is 6.10. The minimum absolute atomic E-state index is 0.0228. The van der Waals surface area contributed by atoms with Crippen LogP contribution < -0.4 is 0 Å². The van der Waals surface area contributed by atoms with Crippen molar-refractivity contribution in [3.63, 3.8) is 0 Å². The lowest BCUT2D eigenvalue weighted by molar-refractivity contribution is -0.147. The van der Waals surface area contributed by atoms with Gasteiger partial charge in [0.25, 0.3) is 0 Å². The lowest BCUT2D eigenvalue weighted by Crippen LogP contribution is -2.60. The number of carbonyl (C=O) groups is 3. The largest absolute Gasteiger partial charge is 0.396 e. The normalized spacial score (nSPS) is 28.1. The predicted molar refractivity (Wildman–Crippen MR) is 174 cm³/mol. The summed E-state index contributed by atoms with van der Waals surface area (Å²) in [6.45, 7) is 22.1. The van der Waals surface area contributed by atoms with E-state index in [4.69, 9.17) is 0 Å². The Morgan fingerprint density at radius 2 is 1.72 bits per heavy atom. The molecule has 0 radical (unpaired) electrons. The monoisotopic (exact) mass is 609 g/mol. The molecular weight excluding hydrogens is 558 g/mol. The van der Waals surface area contributed by atoms with Gasteiger partial charge in [0.15, 0.2) is 0 Å². The van der Waals surface area contributed by atoms with Crippen LogP contribution >= 0.6 is 11.8 Å². The van der Waals surface area contributed by atoms with Crippen molar-refractivity contribution in [3.05, 3.63) is 61.2 Å². The second-order valence-corrected chi connectivity index (χ2v) is 16.5. The zero-order valence-electron chi connectivity index (χ0n) is 27.0. The number of aliphatic hydroxyl groups excluding tert-OH is 1. The van der Waals surface area contributed by atoms with Crippen molar-refractivity contribution in [3.8, 4) is 0 Å². The maximum atomic E-state index is 14.9. The number of aliphatic hydroxyl groups is 1. The molecule has 5 atom stereocenters. The highest BCUT2D eigenvalue weighted by atomic mass is 32.2. The van der Waals surface area contributed by atoms with Crippen LogP contribution in [0.15, 0.2) is 55.6 Å². The van der Waals surface area contributed by atoms with Crippen LogP contribution in [-0.4, -0.2) is 84.8 Å². The molecule has 1 N–H and O–H groups in total. The van der Waals surface area contributed by atoms with Gasteiger partial charge in [-0.05, 0) is 57.4 Å². The lowest BCUT2D eigenvalue weighted by atomic mass is 9.66. The van der Waals surface area contributed by atoms with E-state index in [0.29, 0.717) is 32.5 Å². The molecule has 2 unspecified atom stereocenters. The summed E-state index contributed by atoms with van der Waals surface area (Å²) in [5, 5.41) is 9.75. The molecule has 3 fully saturated rings.